The van der Waals surface area contributed by atoms with Gasteiger partial charge in [-0.05, 0) is 0 Å². The van der Waals surface area contributed by atoms with Crippen LogP contribution < -0.4 is 16.6 Å². The normalized spacial score (nSPS) is 9.75. The summed E-state index contributed by atoms with van der Waals surface area (Å²) in [6, 6.07) is 0. The van der Waals surface area contributed by atoms with E-state index in [0.717, 1.165) is 0 Å². The Bertz CT molecular complexity index is 338. The van der Waals surface area contributed by atoms with Crippen molar-refractivity contribution in [2.24, 2.45) is 7.05 Å². The summed E-state index contributed by atoms with van der Waals surface area (Å²) in [7, 11) is 1.61. The zero-order valence-electron chi connectivity index (χ0n) is 6.63. The minimum absolute atomic E-state index is 0.0806. The molecule has 0 atom stereocenters. The van der Waals surface area contributed by atoms with Gasteiger partial charge in [-0.15, -0.1) is 0 Å². The van der Waals surface area contributed by atoms with Gasteiger partial charge in [0.25, 0.3) is 5.56 Å². The number of aryl methyl sites for hydroxylation is 1. The molecule has 0 bridgehead atoms. The number of aromatic amines is 1. The molecule has 0 saturated carbocycles. The van der Waals surface area contributed by atoms with Crippen molar-refractivity contribution in [2.75, 3.05) is 17.6 Å². The van der Waals surface area contributed by atoms with Gasteiger partial charge in [-0.3, -0.25) is 14.6 Å². The van der Waals surface area contributed by atoms with Crippen LogP contribution in [0, 0.1) is 0 Å². The SMILES string of the molecule is Cn1[nH]c(=O)c(NCC=O)c1N. The molecule has 0 radical (unpaired) electrons. The van der Waals surface area contributed by atoms with Gasteiger partial charge in [0.05, 0.1) is 6.54 Å². The molecule has 0 amide bonds. The first-order chi connectivity index (χ1) is 5.66. The Morgan fingerprint density at radius 1 is 1.75 bits per heavy atom. The number of rotatable bonds is 3. The standard InChI is InChI=1S/C6H10N4O2/c1-10-5(7)4(6(12)9-10)8-2-3-11/h3,8H,2,7H2,1H3,(H,9,12). The molecule has 6 heteroatoms. The molecule has 1 aromatic heterocycles. The summed E-state index contributed by atoms with van der Waals surface area (Å²) in [6.07, 6.45) is 0.659. The molecule has 1 aromatic rings. The van der Waals surface area contributed by atoms with Crippen molar-refractivity contribution in [3.8, 4) is 0 Å². The third-order valence-electron chi connectivity index (χ3n) is 1.48. The third kappa shape index (κ3) is 1.31. The van der Waals surface area contributed by atoms with Crippen molar-refractivity contribution in [1.29, 1.82) is 0 Å². The number of carbonyl (C=O) groups is 1. The number of aromatic nitrogens is 2. The minimum atomic E-state index is -0.322. The van der Waals surface area contributed by atoms with E-state index in [1.165, 1.54) is 4.68 Å². The van der Waals surface area contributed by atoms with Crippen molar-refractivity contribution >= 4 is 17.8 Å². The molecular weight excluding hydrogens is 160 g/mol. The summed E-state index contributed by atoms with van der Waals surface area (Å²) in [5.41, 5.74) is 5.42. The highest BCUT2D eigenvalue weighted by Gasteiger charge is 2.07. The molecule has 0 aliphatic heterocycles. The molecule has 1 heterocycles. The number of anilines is 2. The second-order valence-corrected chi connectivity index (χ2v) is 2.31. The second-order valence-electron chi connectivity index (χ2n) is 2.31. The zero-order chi connectivity index (χ0) is 9.14. The number of nitrogens with two attached hydrogens (primary N) is 1. The summed E-state index contributed by atoms with van der Waals surface area (Å²) in [5.74, 6) is 0.293. The smallest absolute Gasteiger partial charge is 0.289 e. The van der Waals surface area contributed by atoms with Gasteiger partial charge in [0.2, 0.25) is 0 Å². The van der Waals surface area contributed by atoms with Gasteiger partial charge in [-0.2, -0.15) is 0 Å². The first-order valence-corrected chi connectivity index (χ1v) is 3.38. The Balaban J connectivity index is 2.97. The molecular formula is C6H10N4O2. The lowest BCUT2D eigenvalue weighted by Crippen LogP contribution is -2.11. The number of H-pyrrole nitrogens is 1. The molecule has 0 saturated heterocycles. The maximum absolute atomic E-state index is 11.0. The average Bonchev–Trinajstić information content (AvgIpc) is 2.25. The molecule has 1 rings (SSSR count). The molecule has 0 aliphatic rings. The van der Waals surface area contributed by atoms with Crippen LogP contribution in [0.25, 0.3) is 0 Å². The van der Waals surface area contributed by atoms with Crippen LogP contribution in [0.4, 0.5) is 11.5 Å². The summed E-state index contributed by atoms with van der Waals surface area (Å²) in [4.78, 5) is 21.0. The Hall–Kier alpha value is -1.72. The van der Waals surface area contributed by atoms with Crippen LogP contribution in [0.2, 0.25) is 0 Å². The summed E-state index contributed by atoms with van der Waals surface area (Å²) in [5, 5.41) is 5.04. The van der Waals surface area contributed by atoms with Gasteiger partial charge in [0.1, 0.15) is 17.8 Å². The quantitative estimate of drug-likeness (QED) is 0.502. The highest BCUT2D eigenvalue weighted by atomic mass is 16.1. The minimum Gasteiger partial charge on any atom is -0.382 e. The van der Waals surface area contributed by atoms with Crippen molar-refractivity contribution in [3.05, 3.63) is 10.4 Å². The van der Waals surface area contributed by atoms with E-state index < -0.39 is 0 Å². The molecule has 0 unspecified atom stereocenters. The highest BCUT2D eigenvalue weighted by molar-refractivity contribution is 5.66. The van der Waals surface area contributed by atoms with Gasteiger partial charge in [-0.25, -0.2) is 0 Å². The Morgan fingerprint density at radius 2 is 2.42 bits per heavy atom. The van der Waals surface area contributed by atoms with Crippen LogP contribution in [0.15, 0.2) is 4.79 Å². The number of nitrogen functional groups attached to an aromatic ring is 1. The monoisotopic (exact) mass is 170 g/mol. The number of hydrogen-bond donors (Lipinski definition) is 3. The Morgan fingerprint density at radius 3 is 2.83 bits per heavy atom. The fraction of sp³-hybridized carbons (Fsp3) is 0.333. The van der Waals surface area contributed by atoms with Crippen molar-refractivity contribution in [3.63, 3.8) is 0 Å². The predicted molar refractivity (Wildman–Crippen MR) is 45.0 cm³/mol. The second kappa shape index (κ2) is 3.12. The molecule has 12 heavy (non-hydrogen) atoms. The summed E-state index contributed by atoms with van der Waals surface area (Å²) < 4.78 is 1.38. The number of nitrogens with zero attached hydrogens (tertiary/aromatic N) is 1. The van der Waals surface area contributed by atoms with E-state index in [-0.39, 0.29) is 17.8 Å². The van der Waals surface area contributed by atoms with E-state index >= 15 is 0 Å². The van der Waals surface area contributed by atoms with Crippen molar-refractivity contribution in [1.82, 2.24) is 9.78 Å². The summed E-state index contributed by atoms with van der Waals surface area (Å²) in [6.45, 7) is 0.0806. The predicted octanol–water partition coefficient (Wildman–Crippen LogP) is -1.09. The average molecular weight is 170 g/mol. The molecule has 66 valence electrons. The zero-order valence-corrected chi connectivity index (χ0v) is 6.63. The van der Waals surface area contributed by atoms with Crippen molar-refractivity contribution < 1.29 is 4.79 Å². The molecule has 0 aromatic carbocycles. The molecule has 6 nitrogen and oxygen atoms in total. The number of hydrogen-bond acceptors (Lipinski definition) is 4. The van der Waals surface area contributed by atoms with E-state index in [1.54, 1.807) is 7.05 Å². The van der Waals surface area contributed by atoms with Gasteiger partial charge in [0.15, 0.2) is 0 Å². The third-order valence-corrected chi connectivity index (χ3v) is 1.48. The number of carbonyl (C=O) groups excluding carboxylic acids is 1. The fourth-order valence-corrected chi connectivity index (χ4v) is 0.867. The first-order valence-electron chi connectivity index (χ1n) is 3.38. The van der Waals surface area contributed by atoms with Crippen LogP contribution in [0.1, 0.15) is 0 Å². The van der Waals surface area contributed by atoms with E-state index in [9.17, 15) is 9.59 Å². The van der Waals surface area contributed by atoms with Gasteiger partial charge < -0.3 is 15.8 Å². The molecule has 0 fully saturated rings. The maximum atomic E-state index is 11.0. The van der Waals surface area contributed by atoms with Gasteiger partial charge in [0, 0.05) is 7.05 Å². The van der Waals surface area contributed by atoms with Crippen LogP contribution in [-0.4, -0.2) is 22.6 Å². The summed E-state index contributed by atoms with van der Waals surface area (Å²) >= 11 is 0. The van der Waals surface area contributed by atoms with Gasteiger partial charge >= 0.3 is 0 Å². The van der Waals surface area contributed by atoms with E-state index in [2.05, 4.69) is 10.4 Å². The van der Waals surface area contributed by atoms with Crippen LogP contribution in [-0.2, 0) is 11.8 Å². The Labute approximate surface area is 68.3 Å². The number of aldehydes is 1. The van der Waals surface area contributed by atoms with Crippen LogP contribution >= 0.6 is 0 Å². The topological polar surface area (TPSA) is 92.9 Å². The first kappa shape index (κ1) is 8.38. The van der Waals surface area contributed by atoms with E-state index in [4.69, 9.17) is 5.73 Å². The van der Waals surface area contributed by atoms with Crippen LogP contribution in [0.5, 0.6) is 0 Å². The Kier molecular flexibility index (Phi) is 2.18. The fourth-order valence-electron chi connectivity index (χ4n) is 0.867. The largest absolute Gasteiger partial charge is 0.382 e. The van der Waals surface area contributed by atoms with Crippen molar-refractivity contribution in [2.45, 2.75) is 0 Å². The van der Waals surface area contributed by atoms with E-state index in [1.807, 2.05) is 0 Å². The number of nitrogens with one attached hydrogen (secondary N) is 2. The van der Waals surface area contributed by atoms with E-state index in [0.29, 0.717) is 12.1 Å². The lowest BCUT2D eigenvalue weighted by atomic mass is 10.5. The highest BCUT2D eigenvalue weighted by Crippen LogP contribution is 2.08. The molecule has 0 aliphatic carbocycles. The molecule has 0 spiro atoms. The van der Waals surface area contributed by atoms with Gasteiger partial charge in [-0.1, -0.05) is 0 Å². The molecule has 4 N–H and O–H groups in total. The lowest BCUT2D eigenvalue weighted by molar-refractivity contribution is -0.106. The lowest BCUT2D eigenvalue weighted by Gasteiger charge is -1.98. The van der Waals surface area contributed by atoms with Crippen LogP contribution in [0.3, 0.4) is 0 Å². The maximum Gasteiger partial charge on any atom is 0.289 e.